The molecule has 1 aromatic heterocycles. The summed E-state index contributed by atoms with van der Waals surface area (Å²) in [7, 11) is 0. The molecular formula is C22H31N5O2S. The van der Waals surface area contributed by atoms with Crippen molar-refractivity contribution in [3.05, 3.63) is 48.2 Å². The van der Waals surface area contributed by atoms with E-state index in [1.54, 1.807) is 24.5 Å². The van der Waals surface area contributed by atoms with Crippen molar-refractivity contribution in [1.82, 2.24) is 9.29 Å². The van der Waals surface area contributed by atoms with Crippen molar-refractivity contribution in [2.75, 3.05) is 42.9 Å². The number of nitrogen functional groups attached to an aromatic ring is 1. The first kappa shape index (κ1) is 22.2. The third kappa shape index (κ3) is 7.11. The molecule has 0 aliphatic carbocycles. The van der Waals surface area contributed by atoms with Crippen LogP contribution in [0.15, 0.2) is 47.8 Å². The second kappa shape index (κ2) is 11.7. The van der Waals surface area contributed by atoms with Crippen LogP contribution in [-0.2, 0) is 4.84 Å². The van der Waals surface area contributed by atoms with E-state index in [1.165, 1.54) is 0 Å². The van der Waals surface area contributed by atoms with Gasteiger partial charge in [0.2, 0.25) is 0 Å². The highest BCUT2D eigenvalue weighted by molar-refractivity contribution is 7.98. The van der Waals surface area contributed by atoms with Crippen molar-refractivity contribution in [3.63, 3.8) is 0 Å². The van der Waals surface area contributed by atoms with E-state index in [9.17, 15) is 0 Å². The largest absolute Gasteiger partial charge is 0.494 e. The van der Waals surface area contributed by atoms with Crippen molar-refractivity contribution >= 4 is 29.9 Å². The molecule has 2 aromatic rings. The highest BCUT2D eigenvalue weighted by atomic mass is 32.2. The molecule has 3 rings (SSSR count). The van der Waals surface area contributed by atoms with Crippen molar-refractivity contribution in [3.8, 4) is 5.75 Å². The average Bonchev–Trinajstić information content (AvgIpc) is 3.23. The Morgan fingerprint density at radius 2 is 2.07 bits per heavy atom. The molecule has 1 saturated heterocycles. The minimum atomic E-state index is 0.563. The first-order chi connectivity index (χ1) is 14.6. The molecule has 0 radical (unpaired) electrons. The molecule has 162 valence electrons. The predicted octanol–water partition coefficient (Wildman–Crippen LogP) is 4.21. The van der Waals surface area contributed by atoms with Gasteiger partial charge < -0.3 is 19.6 Å². The Bertz CT molecular complexity index is 802. The molecule has 1 atom stereocenters. The maximum Gasteiger partial charge on any atom is 0.125 e. The Morgan fingerprint density at radius 1 is 1.23 bits per heavy atom. The molecule has 1 unspecified atom stereocenters. The second-order valence-electron chi connectivity index (χ2n) is 7.30. The third-order valence-electron chi connectivity index (χ3n) is 4.86. The van der Waals surface area contributed by atoms with E-state index >= 15 is 0 Å². The zero-order valence-electron chi connectivity index (χ0n) is 17.7. The van der Waals surface area contributed by atoms with Crippen LogP contribution in [0.2, 0.25) is 0 Å². The molecule has 0 saturated carbocycles. The smallest absolute Gasteiger partial charge is 0.125 e. The number of aromatic nitrogens is 1. The second-order valence-corrected chi connectivity index (χ2v) is 8.42. The van der Waals surface area contributed by atoms with Crippen LogP contribution >= 0.6 is 12.1 Å². The number of anilines is 2. The molecule has 2 heterocycles. The number of benzene rings is 1. The predicted molar refractivity (Wildman–Crippen MR) is 125 cm³/mol. The van der Waals surface area contributed by atoms with Crippen molar-refractivity contribution in [2.45, 2.75) is 26.7 Å². The number of ether oxygens (including phenoxy) is 1. The lowest BCUT2D eigenvalue weighted by molar-refractivity contribution is 0.160. The van der Waals surface area contributed by atoms with E-state index in [-0.39, 0.29) is 0 Å². The highest BCUT2D eigenvalue weighted by Gasteiger charge is 2.22. The fraction of sp³-hybridized carbons (Fsp3) is 0.455. The van der Waals surface area contributed by atoms with Crippen LogP contribution in [0.25, 0.3) is 0 Å². The van der Waals surface area contributed by atoms with Gasteiger partial charge in [0, 0.05) is 44.0 Å². The fourth-order valence-electron chi connectivity index (χ4n) is 3.05. The van der Waals surface area contributed by atoms with Gasteiger partial charge in [0.1, 0.15) is 18.2 Å². The van der Waals surface area contributed by atoms with Gasteiger partial charge in [-0.3, -0.25) is 0 Å². The van der Waals surface area contributed by atoms with Gasteiger partial charge in [0.05, 0.1) is 18.5 Å². The number of nitrogens with two attached hydrogens (primary N) is 1. The van der Waals surface area contributed by atoms with Crippen LogP contribution in [-0.4, -0.2) is 48.4 Å². The lowest BCUT2D eigenvalue weighted by Gasteiger charge is -2.19. The lowest BCUT2D eigenvalue weighted by Crippen LogP contribution is -2.17. The van der Waals surface area contributed by atoms with Gasteiger partial charge >= 0.3 is 0 Å². The Kier molecular flexibility index (Phi) is 8.65. The summed E-state index contributed by atoms with van der Waals surface area (Å²) >= 11 is 1.78. The van der Waals surface area contributed by atoms with E-state index in [1.807, 2.05) is 43.3 Å². The Hall–Kier alpha value is -2.45. The van der Waals surface area contributed by atoms with Crippen LogP contribution in [0.5, 0.6) is 5.75 Å². The topological polar surface area (TPSA) is 76.2 Å². The zero-order chi connectivity index (χ0) is 21.2. The number of nitrogens with zero attached hydrogens (tertiary/aromatic N) is 4. The number of pyridine rings is 1. The SMILES string of the molecule is CCO/N=C/c1ccc(OCCC(C)CCN2CCN(c3ccnc(N)c3)S2)cc1. The molecule has 1 aliphatic rings. The highest BCUT2D eigenvalue weighted by Crippen LogP contribution is 2.31. The summed E-state index contributed by atoms with van der Waals surface area (Å²) in [6.07, 6.45) is 5.65. The first-order valence-corrected chi connectivity index (χ1v) is 11.2. The molecule has 0 bridgehead atoms. The Labute approximate surface area is 183 Å². The molecule has 1 fully saturated rings. The maximum absolute atomic E-state index is 5.89. The number of rotatable bonds is 11. The van der Waals surface area contributed by atoms with Gasteiger partial charge in [0.15, 0.2) is 0 Å². The summed E-state index contributed by atoms with van der Waals surface area (Å²) in [6, 6.07) is 11.8. The van der Waals surface area contributed by atoms with Gasteiger partial charge in [-0.2, -0.15) is 0 Å². The van der Waals surface area contributed by atoms with E-state index in [0.717, 1.165) is 56.1 Å². The summed E-state index contributed by atoms with van der Waals surface area (Å²) in [5.41, 5.74) is 7.91. The number of oxime groups is 1. The normalized spacial score (nSPS) is 15.6. The molecule has 8 heteroatoms. The quantitative estimate of drug-likeness (QED) is 0.326. The molecule has 7 nitrogen and oxygen atoms in total. The van der Waals surface area contributed by atoms with Crippen molar-refractivity contribution < 1.29 is 9.57 Å². The van der Waals surface area contributed by atoms with Crippen LogP contribution in [0, 0.1) is 5.92 Å². The molecule has 0 amide bonds. The summed E-state index contributed by atoms with van der Waals surface area (Å²) in [5, 5.41) is 3.87. The number of hydrogen-bond donors (Lipinski definition) is 1. The van der Waals surface area contributed by atoms with Gasteiger partial charge in [0.25, 0.3) is 0 Å². The van der Waals surface area contributed by atoms with Crippen LogP contribution < -0.4 is 14.8 Å². The van der Waals surface area contributed by atoms with Crippen LogP contribution in [0.3, 0.4) is 0 Å². The lowest BCUT2D eigenvalue weighted by atomic mass is 10.0. The first-order valence-electron chi connectivity index (χ1n) is 10.4. The van der Waals surface area contributed by atoms with Gasteiger partial charge in [-0.05, 0) is 61.6 Å². The Balaban J connectivity index is 1.32. The summed E-state index contributed by atoms with van der Waals surface area (Å²) in [4.78, 5) is 9.04. The molecule has 0 spiro atoms. The zero-order valence-corrected chi connectivity index (χ0v) is 18.6. The molecule has 1 aliphatic heterocycles. The monoisotopic (exact) mass is 429 g/mol. The fourth-order valence-corrected chi connectivity index (χ4v) is 4.05. The maximum atomic E-state index is 5.89. The molecular weight excluding hydrogens is 398 g/mol. The molecule has 2 N–H and O–H groups in total. The van der Waals surface area contributed by atoms with Gasteiger partial charge in [-0.15, -0.1) is 0 Å². The van der Waals surface area contributed by atoms with Crippen LogP contribution in [0.1, 0.15) is 32.3 Å². The van der Waals surface area contributed by atoms with Gasteiger partial charge in [-0.1, -0.05) is 12.1 Å². The number of hydrogen-bond acceptors (Lipinski definition) is 8. The summed E-state index contributed by atoms with van der Waals surface area (Å²) in [6.45, 7) is 8.61. The van der Waals surface area contributed by atoms with Gasteiger partial charge in [-0.25, -0.2) is 9.29 Å². The summed E-state index contributed by atoms with van der Waals surface area (Å²) in [5.74, 6) is 2.06. The third-order valence-corrected chi connectivity index (χ3v) is 6.04. The minimum Gasteiger partial charge on any atom is -0.494 e. The van der Waals surface area contributed by atoms with E-state index in [2.05, 4.69) is 25.7 Å². The molecule has 30 heavy (non-hydrogen) atoms. The van der Waals surface area contributed by atoms with Crippen LogP contribution in [0.4, 0.5) is 11.5 Å². The molecule has 1 aromatic carbocycles. The summed E-state index contributed by atoms with van der Waals surface area (Å²) < 4.78 is 10.6. The minimum absolute atomic E-state index is 0.563. The standard InChI is InChI=1S/C22H31N5O2S/c1-3-29-25-17-19-4-6-21(7-5-19)28-15-10-18(2)9-12-26-13-14-27(30-26)20-8-11-24-22(23)16-20/h4-8,11,16-18H,3,9-10,12-15H2,1-2H3,(H2,23,24)/b25-17+. The average molecular weight is 430 g/mol. The van der Waals surface area contributed by atoms with Crippen molar-refractivity contribution in [2.24, 2.45) is 11.1 Å². The van der Waals surface area contributed by atoms with E-state index in [4.69, 9.17) is 15.3 Å². The van der Waals surface area contributed by atoms with Crippen molar-refractivity contribution in [1.29, 1.82) is 0 Å². The van der Waals surface area contributed by atoms with E-state index < -0.39 is 0 Å². The Morgan fingerprint density at radius 3 is 2.83 bits per heavy atom. The van der Waals surface area contributed by atoms with E-state index in [0.29, 0.717) is 18.3 Å².